The predicted molar refractivity (Wildman–Crippen MR) is 93.2 cm³/mol. The molecule has 0 aliphatic heterocycles. The van der Waals surface area contributed by atoms with Crippen LogP contribution in [0.2, 0.25) is 0 Å². The van der Waals surface area contributed by atoms with E-state index in [2.05, 4.69) is 20.8 Å². The highest BCUT2D eigenvalue weighted by Crippen LogP contribution is 2.09. The number of hydrogen-bond acceptors (Lipinski definition) is 5. The molecule has 0 atom stereocenters. The molecule has 0 aliphatic carbocycles. The molecule has 134 valence electrons. The minimum absolute atomic E-state index is 0.132. The second kappa shape index (κ2) is 8.96. The molecule has 7 heteroatoms. The molecule has 0 aliphatic rings. The van der Waals surface area contributed by atoms with Crippen LogP contribution in [0.5, 0.6) is 0 Å². The first-order chi connectivity index (χ1) is 12.0. The van der Waals surface area contributed by atoms with Crippen LogP contribution >= 0.6 is 0 Å². The van der Waals surface area contributed by atoms with Gasteiger partial charge in [0.2, 0.25) is 11.8 Å². The molecule has 0 saturated carbocycles. The van der Waals surface area contributed by atoms with E-state index in [0.717, 1.165) is 5.56 Å². The van der Waals surface area contributed by atoms with Crippen molar-refractivity contribution in [1.82, 2.24) is 20.8 Å². The first-order valence-corrected chi connectivity index (χ1v) is 8.39. The van der Waals surface area contributed by atoms with E-state index >= 15 is 0 Å². The van der Waals surface area contributed by atoms with E-state index in [-0.39, 0.29) is 30.7 Å². The molecule has 0 saturated heterocycles. The van der Waals surface area contributed by atoms with E-state index in [9.17, 15) is 9.59 Å². The van der Waals surface area contributed by atoms with Crippen molar-refractivity contribution in [2.45, 2.75) is 39.5 Å². The minimum Gasteiger partial charge on any atom is -0.356 e. The molecule has 1 heterocycles. The predicted octanol–water partition coefficient (Wildman–Crippen LogP) is 1.98. The van der Waals surface area contributed by atoms with Gasteiger partial charge in [-0.15, -0.1) is 0 Å². The van der Waals surface area contributed by atoms with E-state index in [1.54, 1.807) is 12.1 Å². The number of rotatable bonds is 8. The Hall–Kier alpha value is -2.70. The smallest absolute Gasteiger partial charge is 0.251 e. The Bertz CT molecular complexity index is 707. The summed E-state index contributed by atoms with van der Waals surface area (Å²) in [7, 11) is 0. The van der Waals surface area contributed by atoms with Gasteiger partial charge in [0, 0.05) is 37.4 Å². The molecule has 2 N–H and O–H groups in total. The maximum absolute atomic E-state index is 11.9. The summed E-state index contributed by atoms with van der Waals surface area (Å²) in [6.45, 7) is 6.65. The number of amides is 2. The molecule has 0 bridgehead atoms. The highest BCUT2D eigenvalue weighted by atomic mass is 16.5. The second-order valence-electron chi connectivity index (χ2n) is 6.17. The number of nitrogens with one attached hydrogen (secondary N) is 2. The maximum Gasteiger partial charge on any atom is 0.251 e. The van der Waals surface area contributed by atoms with Crippen LogP contribution in [0.4, 0.5) is 0 Å². The van der Waals surface area contributed by atoms with Crippen molar-refractivity contribution in [2.24, 2.45) is 0 Å². The molecule has 7 nitrogen and oxygen atoms in total. The number of carbonyl (C=O) groups is 2. The average Bonchev–Trinajstić information content (AvgIpc) is 3.04. The van der Waals surface area contributed by atoms with Gasteiger partial charge in [-0.05, 0) is 19.1 Å². The molecule has 0 fully saturated rings. The van der Waals surface area contributed by atoms with Crippen molar-refractivity contribution in [3.05, 3.63) is 47.1 Å². The number of aryl methyl sites for hydroxylation is 1. The van der Waals surface area contributed by atoms with Crippen LogP contribution in [-0.2, 0) is 11.2 Å². The summed E-state index contributed by atoms with van der Waals surface area (Å²) >= 11 is 0. The van der Waals surface area contributed by atoms with Crippen LogP contribution in [0.15, 0.2) is 28.8 Å². The zero-order chi connectivity index (χ0) is 18.2. The van der Waals surface area contributed by atoms with Gasteiger partial charge in [-0.2, -0.15) is 4.98 Å². The number of nitrogens with zero attached hydrogens (tertiary/aromatic N) is 2. The van der Waals surface area contributed by atoms with Crippen molar-refractivity contribution in [1.29, 1.82) is 0 Å². The third-order valence-electron chi connectivity index (χ3n) is 3.61. The van der Waals surface area contributed by atoms with Crippen molar-refractivity contribution in [2.75, 3.05) is 13.1 Å². The van der Waals surface area contributed by atoms with Gasteiger partial charge in [0.1, 0.15) is 0 Å². The normalized spacial score (nSPS) is 10.7. The lowest BCUT2D eigenvalue weighted by Crippen LogP contribution is -2.31. The SMILES string of the molecule is Cc1ccc(C(=O)NCCC(=O)NCCc2nc(C(C)C)no2)cc1. The summed E-state index contributed by atoms with van der Waals surface area (Å²) in [5.41, 5.74) is 1.68. The maximum atomic E-state index is 11.9. The van der Waals surface area contributed by atoms with Crippen molar-refractivity contribution in [3.63, 3.8) is 0 Å². The first-order valence-electron chi connectivity index (χ1n) is 8.39. The van der Waals surface area contributed by atoms with Crippen LogP contribution in [0.25, 0.3) is 0 Å². The number of benzene rings is 1. The van der Waals surface area contributed by atoms with E-state index in [1.165, 1.54) is 0 Å². The Balaban J connectivity index is 1.63. The van der Waals surface area contributed by atoms with Gasteiger partial charge >= 0.3 is 0 Å². The number of aromatic nitrogens is 2. The van der Waals surface area contributed by atoms with E-state index in [0.29, 0.717) is 30.2 Å². The summed E-state index contributed by atoms with van der Waals surface area (Å²) in [6.07, 6.45) is 0.708. The minimum atomic E-state index is -0.181. The van der Waals surface area contributed by atoms with Crippen LogP contribution in [0.3, 0.4) is 0 Å². The molecular weight excluding hydrogens is 320 g/mol. The van der Waals surface area contributed by atoms with Gasteiger partial charge in [-0.25, -0.2) is 0 Å². The summed E-state index contributed by atoms with van der Waals surface area (Å²) in [6, 6.07) is 7.29. The van der Waals surface area contributed by atoms with Gasteiger partial charge in [-0.3, -0.25) is 9.59 Å². The summed E-state index contributed by atoms with van der Waals surface area (Å²) < 4.78 is 5.11. The standard InChI is InChI=1S/C18H24N4O3/c1-12(2)17-21-16(25-22-17)9-11-19-15(23)8-10-20-18(24)14-6-4-13(3)5-7-14/h4-7,12H,8-11H2,1-3H3,(H,19,23)(H,20,24). The fraction of sp³-hybridized carbons (Fsp3) is 0.444. The summed E-state index contributed by atoms with van der Waals surface area (Å²) in [4.78, 5) is 27.9. The van der Waals surface area contributed by atoms with Crippen LogP contribution in [-0.4, -0.2) is 35.0 Å². The Morgan fingerprint density at radius 2 is 1.84 bits per heavy atom. The lowest BCUT2D eigenvalue weighted by atomic mass is 10.1. The van der Waals surface area contributed by atoms with Crippen molar-refractivity contribution in [3.8, 4) is 0 Å². The molecule has 0 radical (unpaired) electrons. The third-order valence-corrected chi connectivity index (χ3v) is 3.61. The molecule has 2 amide bonds. The Kier molecular flexibility index (Phi) is 6.68. The first kappa shape index (κ1) is 18.6. The molecule has 0 unspecified atom stereocenters. The fourth-order valence-electron chi connectivity index (χ4n) is 2.10. The van der Waals surface area contributed by atoms with Crippen molar-refractivity contribution >= 4 is 11.8 Å². The molecule has 1 aromatic heterocycles. The molecule has 0 spiro atoms. The Labute approximate surface area is 147 Å². The molecule has 1 aromatic carbocycles. The highest BCUT2D eigenvalue weighted by molar-refractivity contribution is 5.94. The Morgan fingerprint density at radius 1 is 1.12 bits per heavy atom. The third kappa shape index (κ3) is 6.02. The number of carbonyl (C=O) groups excluding carboxylic acids is 2. The molecule has 25 heavy (non-hydrogen) atoms. The van der Waals surface area contributed by atoms with E-state index < -0.39 is 0 Å². The second-order valence-corrected chi connectivity index (χ2v) is 6.17. The largest absolute Gasteiger partial charge is 0.356 e. The van der Waals surface area contributed by atoms with Gasteiger partial charge in [0.15, 0.2) is 5.82 Å². The average molecular weight is 344 g/mol. The van der Waals surface area contributed by atoms with E-state index in [1.807, 2.05) is 32.9 Å². The van der Waals surface area contributed by atoms with Gasteiger partial charge in [0.25, 0.3) is 5.91 Å². The van der Waals surface area contributed by atoms with Gasteiger partial charge in [-0.1, -0.05) is 36.7 Å². The summed E-state index contributed by atoms with van der Waals surface area (Å²) in [5, 5.41) is 9.38. The van der Waals surface area contributed by atoms with Crippen molar-refractivity contribution < 1.29 is 14.1 Å². The van der Waals surface area contributed by atoms with Crippen LogP contribution in [0, 0.1) is 6.92 Å². The molecule has 2 rings (SSSR count). The molecule has 2 aromatic rings. The zero-order valence-corrected chi connectivity index (χ0v) is 14.8. The van der Waals surface area contributed by atoms with Crippen LogP contribution < -0.4 is 10.6 Å². The van der Waals surface area contributed by atoms with Gasteiger partial charge < -0.3 is 15.2 Å². The number of hydrogen-bond donors (Lipinski definition) is 2. The molecular formula is C18H24N4O3. The zero-order valence-electron chi connectivity index (χ0n) is 14.8. The quantitative estimate of drug-likeness (QED) is 0.763. The van der Waals surface area contributed by atoms with Gasteiger partial charge in [0.05, 0.1) is 0 Å². The topological polar surface area (TPSA) is 97.1 Å². The fourth-order valence-corrected chi connectivity index (χ4v) is 2.10. The lowest BCUT2D eigenvalue weighted by molar-refractivity contribution is -0.120. The highest BCUT2D eigenvalue weighted by Gasteiger charge is 2.10. The van der Waals surface area contributed by atoms with E-state index in [4.69, 9.17) is 4.52 Å². The van der Waals surface area contributed by atoms with Crippen LogP contribution in [0.1, 0.15) is 53.8 Å². The lowest BCUT2D eigenvalue weighted by Gasteiger charge is -2.06. The monoisotopic (exact) mass is 344 g/mol. The summed E-state index contributed by atoms with van der Waals surface area (Å²) in [5.74, 6) is 1.08. The Morgan fingerprint density at radius 3 is 2.48 bits per heavy atom.